The van der Waals surface area contributed by atoms with Crippen LogP contribution in [0.5, 0.6) is 0 Å². The summed E-state index contributed by atoms with van der Waals surface area (Å²) in [5.41, 5.74) is 8.37. The molecule has 3 N–H and O–H groups in total. The zero-order valence-corrected chi connectivity index (χ0v) is 17.9. The van der Waals surface area contributed by atoms with Crippen molar-refractivity contribution >= 4 is 29.3 Å². The summed E-state index contributed by atoms with van der Waals surface area (Å²) in [6.45, 7) is 1.50. The number of likely N-dealkylation sites (tertiary alicyclic amines) is 1. The molecule has 0 saturated carbocycles. The fourth-order valence-corrected chi connectivity index (χ4v) is 4.16. The molecule has 1 aliphatic rings. The van der Waals surface area contributed by atoms with Crippen LogP contribution in [0.4, 0.5) is 5.69 Å². The molecular formula is C21H23N7O2S. The fourth-order valence-electron chi connectivity index (χ4n) is 3.34. The van der Waals surface area contributed by atoms with Gasteiger partial charge in [-0.15, -0.1) is 10.2 Å². The second kappa shape index (κ2) is 9.27. The lowest BCUT2D eigenvalue weighted by Crippen LogP contribution is -2.28. The Hall–Kier alpha value is -3.24. The zero-order valence-electron chi connectivity index (χ0n) is 17.1. The molecule has 160 valence electrons. The van der Waals surface area contributed by atoms with Gasteiger partial charge in [-0.25, -0.2) is 0 Å². The first-order valence-corrected chi connectivity index (χ1v) is 10.8. The van der Waals surface area contributed by atoms with E-state index in [1.165, 1.54) is 24.0 Å². The second-order valence-electron chi connectivity index (χ2n) is 7.27. The number of nitrogens with two attached hydrogens (primary N) is 1. The van der Waals surface area contributed by atoms with Gasteiger partial charge in [-0.3, -0.25) is 14.6 Å². The normalized spacial score (nSPS) is 14.5. The molecule has 9 nitrogen and oxygen atoms in total. The number of carbonyl (C=O) groups excluding carboxylic acids is 2. The molecule has 1 atom stereocenters. The maximum Gasteiger partial charge on any atom is 0.274 e. The summed E-state index contributed by atoms with van der Waals surface area (Å²) in [7, 11) is 1.85. The predicted octanol–water partition coefficient (Wildman–Crippen LogP) is 2.45. The first-order valence-electron chi connectivity index (χ1n) is 9.94. The average molecular weight is 438 g/mol. The average Bonchev–Trinajstić information content (AvgIpc) is 3.46. The molecule has 3 heterocycles. The van der Waals surface area contributed by atoms with E-state index in [4.69, 9.17) is 5.73 Å². The van der Waals surface area contributed by atoms with Crippen LogP contribution in [-0.2, 0) is 7.05 Å². The first kappa shape index (κ1) is 21.0. The first-order chi connectivity index (χ1) is 15.0. The summed E-state index contributed by atoms with van der Waals surface area (Å²) >= 11 is 1.37. The Morgan fingerprint density at radius 2 is 2.00 bits per heavy atom. The van der Waals surface area contributed by atoms with E-state index in [-0.39, 0.29) is 22.9 Å². The van der Waals surface area contributed by atoms with Crippen LogP contribution in [-0.4, -0.2) is 49.6 Å². The summed E-state index contributed by atoms with van der Waals surface area (Å²) in [6, 6.07) is 10.5. The van der Waals surface area contributed by atoms with Gasteiger partial charge in [0, 0.05) is 37.6 Å². The number of pyridine rings is 1. The van der Waals surface area contributed by atoms with E-state index >= 15 is 0 Å². The van der Waals surface area contributed by atoms with Gasteiger partial charge in [0.25, 0.3) is 11.8 Å². The number of hydrogen-bond donors (Lipinski definition) is 2. The topological polar surface area (TPSA) is 119 Å². The minimum Gasteiger partial charge on any atom is -0.339 e. The van der Waals surface area contributed by atoms with Gasteiger partial charge in [0.1, 0.15) is 12.0 Å². The molecule has 10 heteroatoms. The van der Waals surface area contributed by atoms with Crippen molar-refractivity contribution in [2.75, 3.05) is 18.4 Å². The van der Waals surface area contributed by atoms with Crippen molar-refractivity contribution in [2.45, 2.75) is 23.4 Å². The molecule has 1 aromatic carbocycles. The number of nitrogens with one attached hydrogen (secondary N) is 1. The van der Waals surface area contributed by atoms with Crippen LogP contribution in [0.2, 0.25) is 0 Å². The molecule has 2 amide bonds. The van der Waals surface area contributed by atoms with Crippen LogP contribution in [0.25, 0.3) is 0 Å². The van der Waals surface area contributed by atoms with Gasteiger partial charge in [-0.05, 0) is 42.7 Å². The van der Waals surface area contributed by atoms with E-state index in [0.29, 0.717) is 16.4 Å². The third-order valence-corrected chi connectivity index (χ3v) is 6.11. The van der Waals surface area contributed by atoms with Crippen molar-refractivity contribution in [1.29, 1.82) is 0 Å². The smallest absolute Gasteiger partial charge is 0.274 e. The Kier molecular flexibility index (Phi) is 6.28. The number of aryl methyl sites for hydroxylation is 1. The number of amides is 2. The van der Waals surface area contributed by atoms with Gasteiger partial charge in [-0.2, -0.15) is 0 Å². The van der Waals surface area contributed by atoms with Crippen molar-refractivity contribution in [3.63, 3.8) is 0 Å². The maximum absolute atomic E-state index is 12.7. The van der Waals surface area contributed by atoms with Crippen molar-refractivity contribution in [3.05, 3.63) is 65.7 Å². The number of anilines is 1. The van der Waals surface area contributed by atoms with Crippen molar-refractivity contribution in [2.24, 2.45) is 12.8 Å². The summed E-state index contributed by atoms with van der Waals surface area (Å²) in [4.78, 5) is 31.3. The summed E-state index contributed by atoms with van der Waals surface area (Å²) < 4.78 is 1.79. The van der Waals surface area contributed by atoms with Crippen LogP contribution in [0.15, 0.2) is 54.1 Å². The lowest BCUT2D eigenvalue weighted by Gasteiger charge is -2.15. The highest BCUT2D eigenvalue weighted by Gasteiger charge is 2.21. The molecule has 0 aliphatic carbocycles. The third-order valence-electron chi connectivity index (χ3n) is 5.01. The molecule has 1 aliphatic heterocycles. The zero-order chi connectivity index (χ0) is 21.8. The van der Waals surface area contributed by atoms with Gasteiger partial charge in [-0.1, -0.05) is 23.9 Å². The molecule has 1 fully saturated rings. The standard InChI is InChI=1S/C21H23N7O2S/c1-27-13-24-26-21(27)31-18(22)14-5-4-6-16(11-14)25-19(29)17-12-15(7-8-23-17)20(30)28-9-2-3-10-28/h4-8,11-13,18H,2-3,9-10,22H2,1H3,(H,25,29)/t18-/m1/s1. The molecule has 4 rings (SSSR count). The summed E-state index contributed by atoms with van der Waals surface area (Å²) in [5, 5.41) is 11.0. The number of carbonyl (C=O) groups is 2. The fraction of sp³-hybridized carbons (Fsp3) is 0.286. The molecule has 0 bridgehead atoms. The van der Waals surface area contributed by atoms with Gasteiger partial charge in [0.05, 0.1) is 5.37 Å². The number of nitrogens with zero attached hydrogens (tertiary/aromatic N) is 5. The van der Waals surface area contributed by atoms with Crippen LogP contribution < -0.4 is 11.1 Å². The van der Waals surface area contributed by atoms with Crippen LogP contribution in [0, 0.1) is 0 Å². The minimum absolute atomic E-state index is 0.0669. The predicted molar refractivity (Wildman–Crippen MR) is 118 cm³/mol. The van der Waals surface area contributed by atoms with E-state index in [9.17, 15) is 9.59 Å². The largest absolute Gasteiger partial charge is 0.339 e. The number of benzene rings is 1. The molecular weight excluding hydrogens is 414 g/mol. The van der Waals surface area contributed by atoms with E-state index in [0.717, 1.165) is 31.5 Å². The van der Waals surface area contributed by atoms with Gasteiger partial charge < -0.3 is 20.5 Å². The Balaban J connectivity index is 1.45. The Labute approximate surface area is 184 Å². The maximum atomic E-state index is 12.7. The summed E-state index contributed by atoms with van der Waals surface area (Å²) in [5.74, 6) is -0.453. The number of rotatable bonds is 6. The monoisotopic (exact) mass is 437 g/mol. The lowest BCUT2D eigenvalue weighted by molar-refractivity contribution is 0.0792. The molecule has 3 aromatic rings. The molecule has 1 saturated heterocycles. The number of hydrogen-bond acceptors (Lipinski definition) is 7. The van der Waals surface area contributed by atoms with Gasteiger partial charge in [0.15, 0.2) is 5.16 Å². The van der Waals surface area contributed by atoms with Gasteiger partial charge in [0.2, 0.25) is 0 Å². The number of thioether (sulfide) groups is 1. The SMILES string of the molecule is Cn1cnnc1S[C@@H](N)c1cccc(NC(=O)c2cc(C(=O)N3CCCC3)ccn2)c1. The Morgan fingerprint density at radius 1 is 1.19 bits per heavy atom. The quantitative estimate of drug-likeness (QED) is 0.449. The molecule has 0 radical (unpaired) electrons. The van der Waals surface area contributed by atoms with Crippen molar-refractivity contribution in [1.82, 2.24) is 24.6 Å². The van der Waals surface area contributed by atoms with Gasteiger partial charge >= 0.3 is 0 Å². The molecule has 31 heavy (non-hydrogen) atoms. The van der Waals surface area contributed by atoms with Crippen LogP contribution >= 0.6 is 11.8 Å². The van der Waals surface area contributed by atoms with E-state index in [1.54, 1.807) is 27.9 Å². The third kappa shape index (κ3) is 4.92. The lowest BCUT2D eigenvalue weighted by atomic mass is 10.1. The van der Waals surface area contributed by atoms with Crippen LogP contribution in [0.1, 0.15) is 44.6 Å². The van der Waals surface area contributed by atoms with E-state index < -0.39 is 0 Å². The number of aromatic nitrogens is 4. The van der Waals surface area contributed by atoms with Crippen LogP contribution in [0.3, 0.4) is 0 Å². The van der Waals surface area contributed by atoms with Crippen molar-refractivity contribution < 1.29 is 9.59 Å². The highest BCUT2D eigenvalue weighted by atomic mass is 32.2. The Bertz CT molecular complexity index is 1090. The summed E-state index contributed by atoms with van der Waals surface area (Å²) in [6.07, 6.45) is 5.12. The second-order valence-corrected chi connectivity index (χ2v) is 8.38. The molecule has 2 aromatic heterocycles. The van der Waals surface area contributed by atoms with Crippen molar-refractivity contribution in [3.8, 4) is 0 Å². The highest BCUT2D eigenvalue weighted by Crippen LogP contribution is 2.30. The Morgan fingerprint density at radius 3 is 2.74 bits per heavy atom. The highest BCUT2D eigenvalue weighted by molar-refractivity contribution is 7.99. The molecule has 0 unspecified atom stereocenters. The molecule has 0 spiro atoms. The van der Waals surface area contributed by atoms with E-state index in [2.05, 4.69) is 20.5 Å². The van der Waals surface area contributed by atoms with E-state index in [1.807, 2.05) is 25.2 Å². The minimum atomic E-state index is -0.386.